The van der Waals surface area contributed by atoms with E-state index >= 15 is 0 Å². The third-order valence-corrected chi connectivity index (χ3v) is 16.9. The van der Waals surface area contributed by atoms with Crippen molar-refractivity contribution in [1.82, 2.24) is 9.13 Å². The number of rotatable bonds is 0. The van der Waals surface area contributed by atoms with Gasteiger partial charge in [0.2, 0.25) is 0 Å². The van der Waals surface area contributed by atoms with Crippen molar-refractivity contribution in [3.05, 3.63) is 158 Å². The standard InChI is InChI=1S/C54H26B2N2O2S2/c1-3-19-47-27(9-1)33-22-37-45(25-49(33)61-47)59-43-17-7-15-39-51(43)55(37)35-13-5-11-29-31-21-32-30-12-6-14-36-54(30)58(42(32)24-41(31)57(39)53(29)35)40-16-8-18-44-52(40)56(36)38-23-34-28-10-2-4-20-48(28)62-50(34)26-46(38)60-44/h1-26H. The number of nitrogens with zero attached hydrogens (tertiary/aromatic N) is 2. The third kappa shape index (κ3) is 3.58. The maximum atomic E-state index is 6.91. The van der Waals surface area contributed by atoms with Crippen LogP contribution in [0.4, 0.5) is 0 Å². The van der Waals surface area contributed by atoms with Gasteiger partial charge in [-0.1, -0.05) is 97.1 Å². The molecule has 0 saturated heterocycles. The zero-order valence-electron chi connectivity index (χ0n) is 32.7. The van der Waals surface area contributed by atoms with E-state index in [4.69, 9.17) is 9.47 Å². The van der Waals surface area contributed by atoms with Crippen LogP contribution < -0.4 is 42.3 Å². The minimum Gasteiger partial charge on any atom is -0.458 e. The molecule has 8 heterocycles. The number of hydrogen-bond acceptors (Lipinski definition) is 4. The van der Waals surface area contributed by atoms with Crippen molar-refractivity contribution < 1.29 is 9.47 Å². The van der Waals surface area contributed by atoms with E-state index in [2.05, 4.69) is 167 Å². The molecular weight excluding hydrogens is 794 g/mol. The van der Waals surface area contributed by atoms with Crippen molar-refractivity contribution in [3.63, 3.8) is 0 Å². The van der Waals surface area contributed by atoms with E-state index in [9.17, 15) is 0 Å². The van der Waals surface area contributed by atoms with Crippen LogP contribution in [0.25, 0.3) is 95.3 Å². The van der Waals surface area contributed by atoms with Gasteiger partial charge < -0.3 is 18.6 Å². The van der Waals surface area contributed by atoms with E-state index in [1.54, 1.807) is 0 Å². The van der Waals surface area contributed by atoms with E-state index in [1.165, 1.54) is 128 Å². The highest BCUT2D eigenvalue weighted by Gasteiger charge is 2.43. The second-order valence-corrected chi connectivity index (χ2v) is 19.6. The third-order valence-electron chi connectivity index (χ3n) is 14.6. The van der Waals surface area contributed by atoms with E-state index in [1.807, 2.05) is 22.7 Å². The quantitative estimate of drug-likeness (QED) is 0.143. The zero-order chi connectivity index (χ0) is 39.7. The number of thiophene rings is 2. The van der Waals surface area contributed by atoms with Gasteiger partial charge in [-0.3, -0.25) is 0 Å². The van der Waals surface area contributed by atoms with Gasteiger partial charge in [-0.25, -0.2) is 0 Å². The molecule has 4 aliphatic rings. The summed E-state index contributed by atoms with van der Waals surface area (Å²) < 4.78 is 24.0. The molecule has 4 aliphatic heterocycles. The summed E-state index contributed by atoms with van der Waals surface area (Å²) in [7, 11) is 0. The molecule has 4 aromatic heterocycles. The second-order valence-electron chi connectivity index (χ2n) is 17.5. The Balaban J connectivity index is 0.954. The molecule has 0 fully saturated rings. The normalized spacial score (nSPS) is 14.0. The molecule has 0 spiro atoms. The zero-order valence-corrected chi connectivity index (χ0v) is 34.3. The number of para-hydroxylation sites is 2. The Bertz CT molecular complexity index is 4050. The lowest BCUT2D eigenvalue weighted by atomic mass is 9.34. The minimum absolute atomic E-state index is 0.0507. The molecule has 0 aliphatic carbocycles. The molecular formula is C54H26B2N2O2S2. The van der Waals surface area contributed by atoms with E-state index in [0.717, 1.165) is 23.0 Å². The van der Waals surface area contributed by atoms with Crippen molar-refractivity contribution >= 4 is 153 Å². The fraction of sp³-hybridized carbons (Fsp3) is 0. The van der Waals surface area contributed by atoms with Crippen LogP contribution in [0.3, 0.4) is 0 Å². The number of hydrogen-bond donors (Lipinski definition) is 0. The van der Waals surface area contributed by atoms with Crippen LogP contribution in [-0.2, 0) is 0 Å². The molecule has 0 amide bonds. The molecule has 0 atom stereocenters. The first-order valence-corrected chi connectivity index (χ1v) is 22.9. The topological polar surface area (TPSA) is 28.3 Å². The van der Waals surface area contributed by atoms with Crippen LogP contribution >= 0.6 is 22.7 Å². The fourth-order valence-electron chi connectivity index (χ4n) is 12.2. The molecule has 9 aromatic carbocycles. The Morgan fingerprint density at radius 3 is 1.32 bits per heavy atom. The predicted octanol–water partition coefficient (Wildman–Crippen LogP) is 10.5. The first-order chi connectivity index (χ1) is 30.7. The summed E-state index contributed by atoms with van der Waals surface area (Å²) in [6.07, 6.45) is 0. The molecule has 13 aromatic rings. The summed E-state index contributed by atoms with van der Waals surface area (Å²) >= 11 is 3.69. The van der Waals surface area contributed by atoms with E-state index < -0.39 is 0 Å². The van der Waals surface area contributed by atoms with Gasteiger partial charge in [0, 0.05) is 84.3 Å². The first-order valence-electron chi connectivity index (χ1n) is 21.3. The van der Waals surface area contributed by atoms with Gasteiger partial charge in [-0.15, -0.1) is 22.7 Å². The lowest BCUT2D eigenvalue weighted by Crippen LogP contribution is -2.58. The highest BCUT2D eigenvalue weighted by atomic mass is 32.1. The maximum absolute atomic E-state index is 6.91. The van der Waals surface area contributed by atoms with Gasteiger partial charge in [0.15, 0.2) is 0 Å². The fourth-order valence-corrected chi connectivity index (χ4v) is 14.4. The second kappa shape index (κ2) is 10.6. The van der Waals surface area contributed by atoms with Crippen LogP contribution in [0.15, 0.2) is 158 Å². The molecule has 4 nitrogen and oxygen atoms in total. The smallest absolute Gasteiger partial charge is 0.256 e. The predicted molar refractivity (Wildman–Crippen MR) is 263 cm³/mol. The molecule has 17 rings (SSSR count). The highest BCUT2D eigenvalue weighted by Crippen LogP contribution is 2.45. The first kappa shape index (κ1) is 31.6. The average molecular weight is 821 g/mol. The van der Waals surface area contributed by atoms with Crippen molar-refractivity contribution in [3.8, 4) is 34.4 Å². The van der Waals surface area contributed by atoms with Gasteiger partial charge in [-0.2, -0.15) is 0 Å². The van der Waals surface area contributed by atoms with Gasteiger partial charge in [-0.05, 0) is 93.4 Å². The Kier molecular flexibility index (Phi) is 5.41. The average Bonchev–Trinajstić information content (AvgIpc) is 4.05. The van der Waals surface area contributed by atoms with E-state index in [0.29, 0.717) is 0 Å². The molecule has 0 bridgehead atoms. The molecule has 282 valence electrons. The summed E-state index contributed by atoms with van der Waals surface area (Å²) in [5.74, 6) is 3.80. The lowest BCUT2D eigenvalue weighted by Gasteiger charge is -2.33. The van der Waals surface area contributed by atoms with Crippen LogP contribution in [0, 0.1) is 0 Å². The maximum Gasteiger partial charge on any atom is 0.256 e. The van der Waals surface area contributed by atoms with Crippen LogP contribution in [0.5, 0.6) is 23.0 Å². The van der Waals surface area contributed by atoms with Crippen molar-refractivity contribution in [2.75, 3.05) is 0 Å². The summed E-state index contributed by atoms with van der Waals surface area (Å²) in [6, 6.07) is 59.1. The molecule has 8 heteroatoms. The Hall–Kier alpha value is -7.25. The molecule has 62 heavy (non-hydrogen) atoms. The molecule has 0 radical (unpaired) electrons. The summed E-state index contributed by atoms with van der Waals surface area (Å²) in [5.41, 5.74) is 15.0. The van der Waals surface area contributed by atoms with Gasteiger partial charge in [0.1, 0.15) is 23.0 Å². The van der Waals surface area contributed by atoms with Crippen LogP contribution in [0.1, 0.15) is 0 Å². The SMILES string of the molecule is c1cc2c3c(c1)-n1c4cc5c(cc4c4cccc(c41)B3c1cc3c(cc1O2)sc1ccccc13)c1cccc2c1n5-c1cccc3c1B2c1cc2c(cc1O3)sc1ccccc12. The van der Waals surface area contributed by atoms with Crippen molar-refractivity contribution in [2.24, 2.45) is 0 Å². The number of fused-ring (bicyclic) bond motifs is 20. The molecule has 0 N–H and O–H groups in total. The number of ether oxygens (including phenoxy) is 2. The molecule has 0 unspecified atom stereocenters. The van der Waals surface area contributed by atoms with Gasteiger partial charge in [0.25, 0.3) is 13.4 Å². The van der Waals surface area contributed by atoms with Gasteiger partial charge in [0.05, 0.1) is 11.0 Å². The number of aromatic nitrogens is 2. The monoisotopic (exact) mass is 820 g/mol. The molecule has 0 saturated carbocycles. The highest BCUT2D eigenvalue weighted by molar-refractivity contribution is 7.26. The van der Waals surface area contributed by atoms with Crippen LogP contribution in [0.2, 0.25) is 0 Å². The Morgan fingerprint density at radius 1 is 0.339 bits per heavy atom. The van der Waals surface area contributed by atoms with Crippen LogP contribution in [-0.4, -0.2) is 22.6 Å². The largest absolute Gasteiger partial charge is 0.458 e. The van der Waals surface area contributed by atoms with E-state index in [-0.39, 0.29) is 13.4 Å². The Morgan fingerprint density at radius 2 is 0.806 bits per heavy atom. The minimum atomic E-state index is 0.0507. The van der Waals surface area contributed by atoms with Gasteiger partial charge >= 0.3 is 0 Å². The summed E-state index contributed by atoms with van der Waals surface area (Å²) in [5, 5.41) is 10.3. The lowest BCUT2D eigenvalue weighted by molar-refractivity contribution is 0.488. The van der Waals surface area contributed by atoms with Crippen molar-refractivity contribution in [2.45, 2.75) is 0 Å². The Labute approximate surface area is 361 Å². The van der Waals surface area contributed by atoms with Crippen molar-refractivity contribution in [1.29, 1.82) is 0 Å². The number of benzene rings is 9. The summed E-state index contributed by atoms with van der Waals surface area (Å²) in [4.78, 5) is 0. The summed E-state index contributed by atoms with van der Waals surface area (Å²) in [6.45, 7) is 0.101.